The second kappa shape index (κ2) is 9.13. The summed E-state index contributed by atoms with van der Waals surface area (Å²) in [6.45, 7) is 2.90. The number of aliphatic hydroxyl groups excluding tert-OH is 1. The van der Waals surface area contributed by atoms with Crippen LogP contribution in [0.1, 0.15) is 36.1 Å². The van der Waals surface area contributed by atoms with Gasteiger partial charge in [0.15, 0.2) is 29.4 Å². The number of aliphatic hydroxyl groups is 1. The molecule has 0 fully saturated rings. The Labute approximate surface area is 175 Å². The number of benzene rings is 2. The van der Waals surface area contributed by atoms with Gasteiger partial charge < -0.3 is 14.6 Å². The van der Waals surface area contributed by atoms with Gasteiger partial charge in [0.25, 0.3) is 0 Å². The van der Waals surface area contributed by atoms with Gasteiger partial charge in [0.05, 0.1) is 12.3 Å². The molecule has 1 heterocycles. The Morgan fingerprint density at radius 2 is 1.83 bits per heavy atom. The lowest BCUT2D eigenvalue weighted by Crippen LogP contribution is -2.38. The van der Waals surface area contributed by atoms with Crippen LogP contribution in [0.15, 0.2) is 18.2 Å². The molecule has 2 aromatic rings. The zero-order chi connectivity index (χ0) is 22.0. The lowest BCUT2D eigenvalue weighted by molar-refractivity contribution is 0.0564. The number of fused-ring (bicyclic) bond motifs is 1. The number of carbonyl (C=O) groups excluding carboxylic acids is 1. The summed E-state index contributed by atoms with van der Waals surface area (Å²) in [6.07, 6.45) is -0.690. The van der Waals surface area contributed by atoms with E-state index in [0.717, 1.165) is 18.9 Å². The predicted octanol–water partition coefficient (Wildman–Crippen LogP) is 5.21. The average molecular weight is 444 g/mol. The molecule has 0 saturated heterocycles. The topological polar surface area (TPSA) is 61.8 Å². The van der Waals surface area contributed by atoms with E-state index in [1.54, 1.807) is 18.2 Å². The number of carbonyl (C=O) groups is 1. The number of hydrogen-bond acceptors (Lipinski definition) is 5. The van der Waals surface area contributed by atoms with Gasteiger partial charge in [0.2, 0.25) is 0 Å². The second-order valence-electron chi connectivity index (χ2n) is 6.73. The Kier molecular flexibility index (Phi) is 6.77. The zero-order valence-corrected chi connectivity index (χ0v) is 17.1. The summed E-state index contributed by atoms with van der Waals surface area (Å²) in [5.74, 6) is -6.05. The number of rotatable bonds is 7. The van der Waals surface area contributed by atoms with Crippen LogP contribution in [-0.4, -0.2) is 24.4 Å². The first-order chi connectivity index (χ1) is 14.3. The fourth-order valence-electron chi connectivity index (χ4n) is 3.15. The van der Waals surface area contributed by atoms with Crippen molar-refractivity contribution >= 4 is 29.4 Å². The van der Waals surface area contributed by atoms with Crippen molar-refractivity contribution in [1.82, 2.24) is 0 Å². The summed E-state index contributed by atoms with van der Waals surface area (Å²) in [7, 11) is 0. The molecule has 5 nitrogen and oxygen atoms in total. The van der Waals surface area contributed by atoms with Crippen molar-refractivity contribution < 1.29 is 32.2 Å². The molecule has 0 radical (unpaired) electrons. The highest BCUT2D eigenvalue weighted by Crippen LogP contribution is 2.37. The number of amides is 1. The van der Waals surface area contributed by atoms with Crippen LogP contribution in [0.2, 0.25) is 0 Å². The van der Waals surface area contributed by atoms with Crippen LogP contribution in [0, 0.1) is 30.2 Å². The average Bonchev–Trinajstić information content (AvgIpc) is 2.75. The predicted molar refractivity (Wildman–Crippen MR) is 106 cm³/mol. The minimum absolute atomic E-state index is 0.372. The third-order valence-corrected chi connectivity index (χ3v) is 5.54. The molecule has 0 saturated carbocycles. The molecule has 0 aromatic heterocycles. The second-order valence-corrected chi connectivity index (χ2v) is 7.51. The molecule has 0 bridgehead atoms. The van der Waals surface area contributed by atoms with Crippen LogP contribution in [0.5, 0.6) is 0 Å². The Bertz CT molecular complexity index is 945. The monoisotopic (exact) mass is 444 g/mol. The summed E-state index contributed by atoms with van der Waals surface area (Å²) in [4.78, 5) is 13.6. The number of hydrogen-bond donors (Lipinski definition) is 2. The van der Waals surface area contributed by atoms with Gasteiger partial charge >= 0.3 is 6.09 Å². The van der Waals surface area contributed by atoms with E-state index in [9.17, 15) is 27.5 Å². The molecule has 1 unspecified atom stereocenters. The van der Waals surface area contributed by atoms with E-state index in [1.807, 2.05) is 6.92 Å². The van der Waals surface area contributed by atoms with Crippen LogP contribution in [0.4, 0.5) is 33.7 Å². The molecule has 0 spiro atoms. The number of ether oxygens (including phenoxy) is 1. The largest absolute Gasteiger partial charge is 0.438 e. The lowest BCUT2D eigenvalue weighted by atomic mass is 10.0. The van der Waals surface area contributed by atoms with Crippen LogP contribution in [-0.2, 0) is 10.5 Å². The Morgan fingerprint density at radius 3 is 2.43 bits per heavy atom. The van der Waals surface area contributed by atoms with E-state index in [1.165, 1.54) is 4.90 Å². The van der Waals surface area contributed by atoms with Crippen molar-refractivity contribution in [3.8, 4) is 0 Å². The Hall–Kier alpha value is -2.46. The van der Waals surface area contributed by atoms with Crippen LogP contribution in [0.3, 0.4) is 0 Å². The van der Waals surface area contributed by atoms with Crippen LogP contribution >= 0.6 is 11.9 Å². The molecular weight excluding hydrogens is 424 g/mol. The van der Waals surface area contributed by atoms with Gasteiger partial charge in [-0.15, -0.1) is 0 Å². The quantitative estimate of drug-likeness (QED) is 0.349. The molecule has 2 aromatic carbocycles. The van der Waals surface area contributed by atoms with Crippen LogP contribution < -0.4 is 9.62 Å². The van der Waals surface area contributed by atoms with E-state index >= 15 is 0 Å². The maximum absolute atomic E-state index is 14.0. The van der Waals surface area contributed by atoms with E-state index in [-0.39, 0.29) is 5.75 Å². The third-order valence-electron chi connectivity index (χ3n) is 4.72. The van der Waals surface area contributed by atoms with Crippen molar-refractivity contribution in [3.63, 3.8) is 0 Å². The van der Waals surface area contributed by atoms with Crippen molar-refractivity contribution in [3.05, 3.63) is 58.2 Å². The number of anilines is 2. The summed E-state index contributed by atoms with van der Waals surface area (Å²) < 4.78 is 63.5. The maximum atomic E-state index is 14.0. The maximum Gasteiger partial charge on any atom is 0.414 e. The fourth-order valence-corrected chi connectivity index (χ4v) is 3.91. The third kappa shape index (κ3) is 4.06. The molecule has 1 aliphatic rings. The zero-order valence-electron chi connectivity index (χ0n) is 16.3. The molecule has 1 atom stereocenters. The van der Waals surface area contributed by atoms with Gasteiger partial charge in [-0.1, -0.05) is 6.92 Å². The number of nitrogens with zero attached hydrogens (tertiary/aromatic N) is 1. The standard InChI is InChI=1S/C20H20F4N2O3S/c1-3-6-26-14-5-4-11(7-12(14)15(8-27)29-20(26)28)25-30-9-13-18(23)16(21)10(2)17(22)19(13)24/h4-5,7,15,25,27H,3,6,8-9H2,1-2H3. The molecule has 0 aliphatic carbocycles. The number of cyclic esters (lactones) is 1. The first kappa shape index (κ1) is 22.2. The molecule has 3 rings (SSSR count). The molecule has 162 valence electrons. The van der Waals surface area contributed by atoms with Gasteiger partial charge in [-0.25, -0.2) is 22.4 Å². The first-order valence-corrected chi connectivity index (χ1v) is 10.2. The summed E-state index contributed by atoms with van der Waals surface area (Å²) in [5.41, 5.74) is 0.258. The summed E-state index contributed by atoms with van der Waals surface area (Å²) >= 11 is 0.835. The Morgan fingerprint density at radius 1 is 1.17 bits per heavy atom. The smallest absolute Gasteiger partial charge is 0.414 e. The molecule has 2 N–H and O–H groups in total. The summed E-state index contributed by atoms with van der Waals surface area (Å²) in [5, 5.41) is 9.55. The van der Waals surface area contributed by atoms with E-state index in [4.69, 9.17) is 4.74 Å². The number of nitrogens with one attached hydrogen (secondary N) is 1. The minimum atomic E-state index is -1.42. The number of halogens is 4. The molecule has 10 heteroatoms. The van der Waals surface area contributed by atoms with Gasteiger partial charge in [-0.05, 0) is 43.5 Å². The molecular formula is C20H20F4N2O3S. The molecule has 1 aliphatic heterocycles. The summed E-state index contributed by atoms with van der Waals surface area (Å²) in [6, 6.07) is 4.95. The van der Waals surface area contributed by atoms with Gasteiger partial charge in [0.1, 0.15) is 0 Å². The van der Waals surface area contributed by atoms with E-state index in [2.05, 4.69) is 4.72 Å². The highest BCUT2D eigenvalue weighted by molar-refractivity contribution is 7.99. The van der Waals surface area contributed by atoms with Gasteiger partial charge in [0, 0.05) is 34.7 Å². The van der Waals surface area contributed by atoms with Crippen molar-refractivity contribution in [2.45, 2.75) is 32.1 Å². The van der Waals surface area contributed by atoms with E-state index < -0.39 is 53.2 Å². The highest BCUT2D eigenvalue weighted by atomic mass is 32.2. The lowest BCUT2D eigenvalue weighted by Gasteiger charge is -2.33. The molecule has 1 amide bonds. The first-order valence-electron chi connectivity index (χ1n) is 9.22. The van der Waals surface area contributed by atoms with Gasteiger partial charge in [-0.2, -0.15) is 0 Å². The SMILES string of the molecule is CCCN1C(=O)OC(CO)c2cc(NSCc3c(F)c(F)c(C)c(F)c3F)ccc21. The normalized spacial score (nSPS) is 15.8. The Balaban J connectivity index is 1.79. The van der Waals surface area contributed by atoms with Gasteiger partial charge in [-0.3, -0.25) is 4.90 Å². The highest BCUT2D eigenvalue weighted by Gasteiger charge is 2.32. The van der Waals surface area contributed by atoms with Crippen molar-refractivity contribution in [2.24, 2.45) is 0 Å². The fraction of sp³-hybridized carbons (Fsp3) is 0.350. The minimum Gasteiger partial charge on any atom is -0.438 e. The van der Waals surface area contributed by atoms with Crippen molar-refractivity contribution in [2.75, 3.05) is 22.8 Å². The van der Waals surface area contributed by atoms with Crippen LogP contribution in [0.25, 0.3) is 0 Å². The van der Waals surface area contributed by atoms with Crippen molar-refractivity contribution in [1.29, 1.82) is 0 Å². The van der Waals surface area contributed by atoms with E-state index in [0.29, 0.717) is 29.9 Å². The molecule has 30 heavy (non-hydrogen) atoms.